The number of carbonyl (C=O) groups excluding carboxylic acids is 2. The van der Waals surface area contributed by atoms with E-state index >= 15 is 0 Å². The maximum atomic E-state index is 12.1. The van der Waals surface area contributed by atoms with Gasteiger partial charge in [0.1, 0.15) is 0 Å². The summed E-state index contributed by atoms with van der Waals surface area (Å²) in [6, 6.07) is 17.0. The monoisotopic (exact) mass is 400 g/mol. The van der Waals surface area contributed by atoms with Crippen molar-refractivity contribution in [3.8, 4) is 0 Å². The first-order chi connectivity index (χ1) is 13.6. The lowest BCUT2D eigenvalue weighted by Gasteiger charge is -2.33. The minimum atomic E-state index is -0.133. The molecule has 1 fully saturated rings. The Bertz CT molecular complexity index is 780. The van der Waals surface area contributed by atoms with Gasteiger partial charge in [-0.3, -0.25) is 14.5 Å². The van der Waals surface area contributed by atoms with Crippen molar-refractivity contribution in [3.05, 3.63) is 70.7 Å². The third kappa shape index (κ3) is 6.44. The van der Waals surface area contributed by atoms with Crippen molar-refractivity contribution in [2.45, 2.75) is 25.5 Å². The Kier molecular flexibility index (Phi) is 7.60. The van der Waals surface area contributed by atoms with Crippen molar-refractivity contribution in [1.82, 2.24) is 10.2 Å². The van der Waals surface area contributed by atoms with Gasteiger partial charge in [-0.1, -0.05) is 41.9 Å². The molecule has 3 rings (SSSR count). The molecule has 6 heteroatoms. The Morgan fingerprint density at radius 2 is 1.82 bits per heavy atom. The zero-order valence-electron chi connectivity index (χ0n) is 15.8. The lowest BCUT2D eigenvalue weighted by Crippen LogP contribution is -2.47. The minimum absolute atomic E-state index is 0.0339. The van der Waals surface area contributed by atoms with E-state index in [-0.39, 0.29) is 30.6 Å². The molecule has 5 nitrogen and oxygen atoms in total. The smallest absolute Gasteiger partial charge is 0.220 e. The van der Waals surface area contributed by atoms with E-state index in [0.29, 0.717) is 23.7 Å². The average molecular weight is 401 g/mol. The maximum Gasteiger partial charge on any atom is 0.220 e. The highest BCUT2D eigenvalue weighted by molar-refractivity contribution is 6.30. The first kappa shape index (κ1) is 20.5. The minimum Gasteiger partial charge on any atom is -0.374 e. The van der Waals surface area contributed by atoms with Crippen molar-refractivity contribution < 1.29 is 14.3 Å². The Morgan fingerprint density at radius 3 is 2.57 bits per heavy atom. The molecule has 1 amide bonds. The van der Waals surface area contributed by atoms with Crippen LogP contribution in [0.5, 0.6) is 0 Å². The summed E-state index contributed by atoms with van der Waals surface area (Å²) in [4.78, 5) is 26.6. The zero-order chi connectivity index (χ0) is 19.8. The van der Waals surface area contributed by atoms with Gasteiger partial charge in [0.25, 0.3) is 0 Å². The summed E-state index contributed by atoms with van der Waals surface area (Å²) in [7, 11) is 0. The maximum absolute atomic E-state index is 12.1. The van der Waals surface area contributed by atoms with E-state index in [1.54, 1.807) is 24.3 Å². The molecule has 0 radical (unpaired) electrons. The molecular formula is C22H25ClN2O3. The van der Waals surface area contributed by atoms with E-state index in [9.17, 15) is 9.59 Å². The van der Waals surface area contributed by atoms with Crippen LogP contribution in [0, 0.1) is 0 Å². The number of ether oxygens (including phenoxy) is 1. The summed E-state index contributed by atoms with van der Waals surface area (Å²) < 4.78 is 5.77. The molecule has 1 unspecified atom stereocenters. The summed E-state index contributed by atoms with van der Waals surface area (Å²) >= 11 is 5.82. The van der Waals surface area contributed by atoms with Crippen LogP contribution in [0.15, 0.2) is 54.6 Å². The van der Waals surface area contributed by atoms with Gasteiger partial charge in [-0.25, -0.2) is 0 Å². The largest absolute Gasteiger partial charge is 0.374 e. The number of benzene rings is 2. The number of Topliss-reactive ketones (excluding diaryl/α,β-unsaturated/α-hetero) is 1. The van der Waals surface area contributed by atoms with E-state index in [0.717, 1.165) is 19.6 Å². The van der Waals surface area contributed by atoms with E-state index in [1.165, 1.54) is 5.56 Å². The van der Waals surface area contributed by atoms with Gasteiger partial charge in [0.15, 0.2) is 5.78 Å². The Hall–Kier alpha value is -2.21. The lowest BCUT2D eigenvalue weighted by atomic mass is 10.1. The summed E-state index contributed by atoms with van der Waals surface area (Å²) in [5.41, 5.74) is 1.84. The van der Waals surface area contributed by atoms with Crippen LogP contribution in [0.3, 0.4) is 0 Å². The van der Waals surface area contributed by atoms with Crippen LogP contribution in [0.4, 0.5) is 0 Å². The topological polar surface area (TPSA) is 58.6 Å². The number of carbonyl (C=O) groups is 2. The van der Waals surface area contributed by atoms with Crippen molar-refractivity contribution in [2.24, 2.45) is 0 Å². The van der Waals surface area contributed by atoms with E-state index in [1.807, 2.05) is 18.2 Å². The van der Waals surface area contributed by atoms with Crippen molar-refractivity contribution in [3.63, 3.8) is 0 Å². The third-order valence-electron chi connectivity index (χ3n) is 4.74. The molecule has 0 saturated carbocycles. The highest BCUT2D eigenvalue weighted by atomic mass is 35.5. The van der Waals surface area contributed by atoms with Gasteiger partial charge in [-0.15, -0.1) is 0 Å². The van der Waals surface area contributed by atoms with Crippen LogP contribution in [-0.4, -0.2) is 48.9 Å². The fourth-order valence-electron chi connectivity index (χ4n) is 3.21. The number of amides is 1. The fourth-order valence-corrected chi connectivity index (χ4v) is 3.34. The number of hydrogen-bond acceptors (Lipinski definition) is 4. The zero-order valence-corrected chi connectivity index (χ0v) is 16.5. The van der Waals surface area contributed by atoms with Gasteiger partial charge in [0, 0.05) is 49.6 Å². The molecule has 0 aliphatic carbocycles. The second-order valence-corrected chi connectivity index (χ2v) is 7.38. The van der Waals surface area contributed by atoms with Gasteiger partial charge in [-0.05, 0) is 29.8 Å². The number of hydrogen-bond donors (Lipinski definition) is 1. The number of halogens is 1. The first-order valence-electron chi connectivity index (χ1n) is 9.53. The lowest BCUT2D eigenvalue weighted by molar-refractivity contribution is -0.122. The van der Waals surface area contributed by atoms with Crippen LogP contribution in [0.25, 0.3) is 0 Å². The summed E-state index contributed by atoms with van der Waals surface area (Å²) in [6.07, 6.45) is 0.314. The predicted octanol–water partition coefficient (Wildman–Crippen LogP) is 3.32. The first-order valence-corrected chi connectivity index (χ1v) is 9.91. The van der Waals surface area contributed by atoms with E-state index in [2.05, 4.69) is 22.3 Å². The van der Waals surface area contributed by atoms with Gasteiger partial charge >= 0.3 is 0 Å². The molecule has 1 aliphatic heterocycles. The van der Waals surface area contributed by atoms with Crippen molar-refractivity contribution >= 4 is 23.3 Å². The summed E-state index contributed by atoms with van der Waals surface area (Å²) in [5.74, 6) is -0.194. The van der Waals surface area contributed by atoms with E-state index in [4.69, 9.17) is 16.3 Å². The number of morpholine rings is 1. The molecule has 1 saturated heterocycles. The van der Waals surface area contributed by atoms with Gasteiger partial charge < -0.3 is 10.1 Å². The van der Waals surface area contributed by atoms with Crippen LogP contribution in [-0.2, 0) is 16.1 Å². The Labute approximate surface area is 170 Å². The molecule has 1 aliphatic rings. The SMILES string of the molecule is O=C(CCC(=O)c1ccc(Cl)cc1)NCC1CN(Cc2ccccc2)CCO1. The van der Waals surface area contributed by atoms with Crippen molar-refractivity contribution in [2.75, 3.05) is 26.2 Å². The van der Waals surface area contributed by atoms with Gasteiger partial charge in [0.05, 0.1) is 12.7 Å². The molecule has 2 aromatic carbocycles. The molecule has 2 aromatic rings. The molecular weight excluding hydrogens is 376 g/mol. The molecule has 1 atom stereocenters. The average Bonchev–Trinajstić information content (AvgIpc) is 2.72. The predicted molar refractivity (Wildman–Crippen MR) is 109 cm³/mol. The second-order valence-electron chi connectivity index (χ2n) is 6.95. The van der Waals surface area contributed by atoms with Crippen LogP contribution < -0.4 is 5.32 Å². The third-order valence-corrected chi connectivity index (χ3v) is 5.00. The van der Waals surface area contributed by atoms with Crippen LogP contribution in [0.1, 0.15) is 28.8 Å². The highest BCUT2D eigenvalue weighted by Gasteiger charge is 2.21. The summed E-state index contributed by atoms with van der Waals surface area (Å²) in [6.45, 7) is 3.65. The number of rotatable bonds is 8. The van der Waals surface area contributed by atoms with Crippen LogP contribution >= 0.6 is 11.6 Å². The quantitative estimate of drug-likeness (QED) is 0.690. The molecule has 0 bridgehead atoms. The molecule has 28 heavy (non-hydrogen) atoms. The van der Waals surface area contributed by atoms with E-state index < -0.39 is 0 Å². The molecule has 1 heterocycles. The molecule has 0 aromatic heterocycles. The number of ketones is 1. The number of nitrogens with zero attached hydrogens (tertiary/aromatic N) is 1. The van der Waals surface area contributed by atoms with Crippen molar-refractivity contribution in [1.29, 1.82) is 0 Å². The fraction of sp³-hybridized carbons (Fsp3) is 0.364. The Balaban J connectivity index is 1.38. The van der Waals surface area contributed by atoms with Gasteiger partial charge in [0.2, 0.25) is 5.91 Å². The van der Waals surface area contributed by atoms with Crippen LogP contribution in [0.2, 0.25) is 5.02 Å². The summed E-state index contributed by atoms with van der Waals surface area (Å²) in [5, 5.41) is 3.47. The standard InChI is InChI=1S/C22H25ClN2O3/c23-19-8-6-18(7-9-19)21(26)10-11-22(27)24-14-20-16-25(12-13-28-20)15-17-4-2-1-3-5-17/h1-9,20H,10-16H2,(H,24,27). The molecule has 1 N–H and O–H groups in total. The highest BCUT2D eigenvalue weighted by Crippen LogP contribution is 2.12. The second kappa shape index (κ2) is 10.4. The molecule has 0 spiro atoms. The van der Waals surface area contributed by atoms with Gasteiger partial charge in [-0.2, -0.15) is 0 Å². The normalized spacial score (nSPS) is 17.2. The number of nitrogens with one attached hydrogen (secondary N) is 1. The Morgan fingerprint density at radius 1 is 1.07 bits per heavy atom. The molecule has 148 valence electrons.